The molecule has 1 aromatic rings. The van der Waals surface area contributed by atoms with E-state index in [1.807, 2.05) is 6.20 Å². The number of hydrogen-bond donors (Lipinski definition) is 1. The summed E-state index contributed by atoms with van der Waals surface area (Å²) in [4.78, 5) is 7.21. The van der Waals surface area contributed by atoms with Crippen LogP contribution in [0.5, 0.6) is 0 Å². The van der Waals surface area contributed by atoms with Crippen LogP contribution in [0.1, 0.15) is 45.9 Å². The zero-order chi connectivity index (χ0) is 14.8. The molecule has 1 aliphatic carbocycles. The highest BCUT2D eigenvalue weighted by atomic mass is 15.3. The Kier molecular flexibility index (Phi) is 4.65. The number of imidazole rings is 1. The van der Waals surface area contributed by atoms with Crippen LogP contribution in [0.3, 0.4) is 0 Å². The molecule has 1 aromatic heterocycles. The van der Waals surface area contributed by atoms with E-state index in [1.165, 1.54) is 31.6 Å². The summed E-state index contributed by atoms with van der Waals surface area (Å²) in [6, 6.07) is 1.34. The van der Waals surface area contributed by atoms with Crippen molar-refractivity contribution in [3.63, 3.8) is 0 Å². The van der Waals surface area contributed by atoms with E-state index < -0.39 is 0 Å². The molecule has 0 bridgehead atoms. The molecule has 1 aliphatic heterocycles. The first-order valence-electron chi connectivity index (χ1n) is 8.66. The lowest BCUT2D eigenvalue weighted by Crippen LogP contribution is -2.55. The summed E-state index contributed by atoms with van der Waals surface area (Å²) in [6.45, 7) is 11.4. The zero-order valence-electron chi connectivity index (χ0n) is 13.8. The van der Waals surface area contributed by atoms with E-state index in [0.717, 1.165) is 31.5 Å². The quantitative estimate of drug-likeness (QED) is 0.925. The van der Waals surface area contributed by atoms with Crippen LogP contribution in [-0.2, 0) is 13.1 Å². The Labute approximate surface area is 128 Å². The Balaban J connectivity index is 1.73. The highest BCUT2D eigenvalue weighted by Gasteiger charge is 2.36. The van der Waals surface area contributed by atoms with Crippen molar-refractivity contribution < 1.29 is 0 Å². The number of rotatable bonds is 4. The Morgan fingerprint density at radius 1 is 1.33 bits per heavy atom. The van der Waals surface area contributed by atoms with Crippen molar-refractivity contribution in [2.75, 3.05) is 13.1 Å². The smallest absolute Gasteiger partial charge is 0.122 e. The second-order valence-corrected chi connectivity index (χ2v) is 7.06. The summed E-state index contributed by atoms with van der Waals surface area (Å²) in [5.74, 6) is 2.93. The van der Waals surface area contributed by atoms with Gasteiger partial charge < -0.3 is 9.88 Å². The lowest BCUT2D eigenvalue weighted by Gasteiger charge is -2.45. The molecule has 3 unspecified atom stereocenters. The number of aromatic nitrogens is 2. The van der Waals surface area contributed by atoms with E-state index in [9.17, 15) is 0 Å². The highest BCUT2D eigenvalue weighted by Crippen LogP contribution is 2.34. The average Bonchev–Trinajstić information content (AvgIpc) is 2.95. The molecule has 0 spiro atoms. The van der Waals surface area contributed by atoms with Gasteiger partial charge in [0.1, 0.15) is 5.82 Å². The molecule has 118 valence electrons. The molecule has 0 aromatic carbocycles. The summed E-state index contributed by atoms with van der Waals surface area (Å²) >= 11 is 0. The second kappa shape index (κ2) is 6.49. The van der Waals surface area contributed by atoms with Crippen molar-refractivity contribution in [3.05, 3.63) is 18.2 Å². The molecule has 1 fully saturated rings. The number of nitrogens with zero attached hydrogens (tertiary/aromatic N) is 3. The summed E-state index contributed by atoms with van der Waals surface area (Å²) in [7, 11) is 0. The van der Waals surface area contributed by atoms with Gasteiger partial charge in [0, 0.05) is 37.6 Å². The fourth-order valence-corrected chi connectivity index (χ4v) is 4.16. The third-order valence-corrected chi connectivity index (χ3v) is 5.51. The molecule has 0 amide bonds. The third-order valence-electron chi connectivity index (χ3n) is 5.51. The predicted molar refractivity (Wildman–Crippen MR) is 86.1 cm³/mol. The van der Waals surface area contributed by atoms with Crippen molar-refractivity contribution >= 4 is 0 Å². The molecule has 3 atom stereocenters. The summed E-state index contributed by atoms with van der Waals surface area (Å²) in [6.07, 6.45) is 8.11. The SMILES string of the molecule is CCNC1CCC(C(C)C)CC1N1CCn2ccnc2C1. The normalized spacial score (nSPS) is 30.6. The van der Waals surface area contributed by atoms with Gasteiger partial charge >= 0.3 is 0 Å². The maximum absolute atomic E-state index is 4.53. The van der Waals surface area contributed by atoms with Crippen LogP contribution in [0.2, 0.25) is 0 Å². The fourth-order valence-electron chi connectivity index (χ4n) is 4.16. The van der Waals surface area contributed by atoms with Crippen LogP contribution in [0.15, 0.2) is 12.4 Å². The minimum atomic E-state index is 0.659. The molecule has 0 radical (unpaired) electrons. The molecule has 3 rings (SSSR count). The molecule has 21 heavy (non-hydrogen) atoms. The van der Waals surface area contributed by atoms with Crippen LogP contribution < -0.4 is 5.32 Å². The lowest BCUT2D eigenvalue weighted by atomic mass is 9.76. The molecule has 2 aliphatic rings. The summed E-state index contributed by atoms with van der Waals surface area (Å²) < 4.78 is 2.31. The maximum atomic E-state index is 4.53. The summed E-state index contributed by atoms with van der Waals surface area (Å²) in [5.41, 5.74) is 0. The summed E-state index contributed by atoms with van der Waals surface area (Å²) in [5, 5.41) is 3.74. The minimum absolute atomic E-state index is 0.659. The molecule has 4 nitrogen and oxygen atoms in total. The van der Waals surface area contributed by atoms with E-state index in [-0.39, 0.29) is 0 Å². The van der Waals surface area contributed by atoms with Crippen LogP contribution in [0.25, 0.3) is 0 Å². The Bertz CT molecular complexity index is 453. The monoisotopic (exact) mass is 290 g/mol. The van der Waals surface area contributed by atoms with Crippen molar-refractivity contribution in [3.8, 4) is 0 Å². The minimum Gasteiger partial charge on any atom is -0.333 e. The fraction of sp³-hybridized carbons (Fsp3) is 0.824. The van der Waals surface area contributed by atoms with Crippen molar-refractivity contribution in [1.29, 1.82) is 0 Å². The molecule has 4 heteroatoms. The van der Waals surface area contributed by atoms with Crippen molar-refractivity contribution in [1.82, 2.24) is 19.8 Å². The Morgan fingerprint density at radius 3 is 2.95 bits per heavy atom. The topological polar surface area (TPSA) is 33.1 Å². The first-order valence-corrected chi connectivity index (χ1v) is 8.66. The first kappa shape index (κ1) is 15.0. The number of hydrogen-bond acceptors (Lipinski definition) is 3. The van der Waals surface area contributed by atoms with Gasteiger partial charge in [-0.2, -0.15) is 0 Å². The van der Waals surface area contributed by atoms with Crippen LogP contribution in [0, 0.1) is 11.8 Å². The van der Waals surface area contributed by atoms with E-state index >= 15 is 0 Å². The van der Waals surface area contributed by atoms with Crippen LogP contribution >= 0.6 is 0 Å². The van der Waals surface area contributed by atoms with Gasteiger partial charge in [-0.15, -0.1) is 0 Å². The van der Waals surface area contributed by atoms with Crippen LogP contribution in [-0.4, -0.2) is 39.6 Å². The van der Waals surface area contributed by atoms with Crippen molar-refractivity contribution in [2.45, 2.75) is 65.2 Å². The van der Waals surface area contributed by atoms with E-state index in [4.69, 9.17) is 0 Å². The van der Waals surface area contributed by atoms with Gasteiger partial charge in [0.15, 0.2) is 0 Å². The van der Waals surface area contributed by atoms with Gasteiger partial charge in [-0.3, -0.25) is 4.90 Å². The van der Waals surface area contributed by atoms with Gasteiger partial charge in [-0.1, -0.05) is 20.8 Å². The predicted octanol–water partition coefficient (Wildman–Crippen LogP) is 2.50. The largest absolute Gasteiger partial charge is 0.333 e. The van der Waals surface area contributed by atoms with Crippen molar-refractivity contribution in [2.24, 2.45) is 11.8 Å². The average molecular weight is 290 g/mol. The number of likely N-dealkylation sites (N-methyl/N-ethyl adjacent to an activating group) is 1. The van der Waals surface area contributed by atoms with Gasteiger partial charge in [-0.05, 0) is 37.6 Å². The number of fused-ring (bicyclic) bond motifs is 1. The molecular formula is C17H30N4. The van der Waals surface area contributed by atoms with E-state index in [2.05, 4.69) is 46.7 Å². The van der Waals surface area contributed by atoms with Gasteiger partial charge in [0.05, 0.1) is 6.54 Å². The first-order chi connectivity index (χ1) is 10.2. The standard InChI is InChI=1S/C17H30N4/c1-4-18-15-6-5-14(13(2)3)11-16(15)21-10-9-20-8-7-19-17(20)12-21/h7-8,13-16,18H,4-6,9-12H2,1-3H3. The van der Waals surface area contributed by atoms with Gasteiger partial charge in [-0.25, -0.2) is 4.98 Å². The maximum Gasteiger partial charge on any atom is 0.122 e. The Hall–Kier alpha value is -0.870. The zero-order valence-corrected chi connectivity index (χ0v) is 13.8. The molecule has 0 saturated heterocycles. The van der Waals surface area contributed by atoms with Gasteiger partial charge in [0.25, 0.3) is 0 Å². The molecule has 1 N–H and O–H groups in total. The lowest BCUT2D eigenvalue weighted by molar-refractivity contribution is 0.0622. The van der Waals surface area contributed by atoms with Gasteiger partial charge in [0.2, 0.25) is 0 Å². The Morgan fingerprint density at radius 2 is 2.19 bits per heavy atom. The molecular weight excluding hydrogens is 260 g/mol. The molecule has 1 saturated carbocycles. The van der Waals surface area contributed by atoms with Crippen LogP contribution in [0.4, 0.5) is 0 Å². The highest BCUT2D eigenvalue weighted by molar-refractivity contribution is 5.00. The number of nitrogens with one attached hydrogen (secondary N) is 1. The second-order valence-electron chi connectivity index (χ2n) is 7.06. The van der Waals surface area contributed by atoms with E-state index in [1.54, 1.807) is 0 Å². The molecule has 2 heterocycles. The van der Waals surface area contributed by atoms with E-state index in [0.29, 0.717) is 12.1 Å². The third kappa shape index (κ3) is 3.16.